The summed E-state index contributed by atoms with van der Waals surface area (Å²) in [6, 6.07) is 16.1. The van der Waals surface area contributed by atoms with E-state index in [1.165, 1.54) is 0 Å². The van der Waals surface area contributed by atoms with Crippen LogP contribution in [-0.4, -0.2) is 54.0 Å². The van der Waals surface area contributed by atoms with Gasteiger partial charge in [-0.2, -0.15) is 0 Å². The Bertz CT molecular complexity index is 2110. The molecule has 0 unspecified atom stereocenters. The van der Waals surface area contributed by atoms with E-state index in [9.17, 15) is 22.0 Å². The molecule has 3 atom stereocenters. The molecule has 5 heterocycles. The van der Waals surface area contributed by atoms with Crippen molar-refractivity contribution in [3.05, 3.63) is 89.6 Å². The van der Waals surface area contributed by atoms with Gasteiger partial charge in [-0.05, 0) is 49.2 Å². The van der Waals surface area contributed by atoms with Crippen molar-refractivity contribution in [1.29, 1.82) is 0 Å². The molecule has 3 aromatic heterocycles. The van der Waals surface area contributed by atoms with Crippen molar-refractivity contribution in [2.75, 3.05) is 18.1 Å². The molecule has 2 aliphatic rings. The number of nitrogens with zero attached hydrogens (tertiary/aromatic N) is 4. The van der Waals surface area contributed by atoms with Gasteiger partial charge < -0.3 is 15.0 Å². The molecule has 2 aliphatic heterocycles. The Morgan fingerprint density at radius 1 is 1.07 bits per heavy atom. The SMILES string of the molecule is C[C@@H]1[C@@H](C)CN1c1cnc2c(-c3ccc4cnc(CNC(=O)c5cc(F)c6c(c5)S(=O)(=O)[C@@H](F)COC6)cc4n3)cccc2c1. The number of anilines is 1. The first-order valence-electron chi connectivity index (χ1n) is 14.6. The summed E-state index contributed by atoms with van der Waals surface area (Å²) in [6.45, 7) is 4.33. The lowest BCUT2D eigenvalue weighted by Gasteiger charge is -2.46. The van der Waals surface area contributed by atoms with Crippen molar-refractivity contribution < 1.29 is 26.7 Å². The Balaban J connectivity index is 1.13. The molecule has 1 fully saturated rings. The first-order valence-corrected chi connectivity index (χ1v) is 16.1. The Morgan fingerprint density at radius 3 is 2.71 bits per heavy atom. The lowest BCUT2D eigenvalue weighted by atomic mass is 9.91. The molecule has 5 aromatic rings. The average molecular weight is 630 g/mol. The third-order valence-electron chi connectivity index (χ3n) is 8.72. The van der Waals surface area contributed by atoms with Crippen molar-refractivity contribution in [3.8, 4) is 11.3 Å². The fourth-order valence-corrected chi connectivity index (χ4v) is 7.19. The molecule has 0 bridgehead atoms. The maximum absolute atomic E-state index is 14.8. The Labute approximate surface area is 258 Å². The molecule has 230 valence electrons. The van der Waals surface area contributed by atoms with Gasteiger partial charge in [0.25, 0.3) is 5.91 Å². The standard InChI is InChI=1S/C33H29F2N5O4S/c1-18-15-40(19(18)2)24-8-20-4-3-5-25(32(20)37-14-24)28-7-6-21-12-36-23(11-29(21)39-28)13-38-33(41)22-9-27(34)26-16-44-17-31(35)45(42,43)30(26)10-22/h3-12,14,18-19,31H,13,15-17H2,1-2H3,(H,38,41)/t18-,19+,31+/m0/s1. The monoisotopic (exact) mass is 629 g/mol. The second-order valence-corrected chi connectivity index (χ2v) is 13.6. The fourth-order valence-electron chi connectivity index (χ4n) is 5.85. The maximum Gasteiger partial charge on any atom is 0.251 e. The van der Waals surface area contributed by atoms with Crippen LogP contribution in [0.5, 0.6) is 0 Å². The number of hydrogen-bond donors (Lipinski definition) is 1. The summed E-state index contributed by atoms with van der Waals surface area (Å²) >= 11 is 0. The number of fused-ring (bicyclic) bond motifs is 3. The van der Waals surface area contributed by atoms with Gasteiger partial charge in [0.15, 0.2) is 0 Å². The number of hydrogen-bond acceptors (Lipinski definition) is 8. The number of nitrogens with one attached hydrogen (secondary N) is 1. The van der Waals surface area contributed by atoms with Crippen LogP contribution in [-0.2, 0) is 27.7 Å². The normalized spacial score (nSPS) is 20.8. The molecule has 12 heteroatoms. The van der Waals surface area contributed by atoms with Crippen LogP contribution < -0.4 is 10.2 Å². The van der Waals surface area contributed by atoms with E-state index in [0.717, 1.165) is 51.9 Å². The van der Waals surface area contributed by atoms with E-state index in [1.807, 2.05) is 36.5 Å². The molecule has 7 rings (SSSR count). The molecule has 1 amide bonds. The molecule has 9 nitrogen and oxygen atoms in total. The molecule has 1 N–H and O–H groups in total. The second-order valence-electron chi connectivity index (χ2n) is 11.6. The lowest BCUT2D eigenvalue weighted by molar-refractivity contribution is 0.0938. The van der Waals surface area contributed by atoms with Crippen molar-refractivity contribution in [3.63, 3.8) is 0 Å². The third-order valence-corrected chi connectivity index (χ3v) is 10.5. The van der Waals surface area contributed by atoms with E-state index < -0.39 is 45.2 Å². The van der Waals surface area contributed by atoms with Gasteiger partial charge in [-0.15, -0.1) is 0 Å². The van der Waals surface area contributed by atoms with Crippen LogP contribution in [0.4, 0.5) is 14.5 Å². The molecule has 2 aromatic carbocycles. The number of carbonyl (C=O) groups is 1. The van der Waals surface area contributed by atoms with Gasteiger partial charge in [0.1, 0.15) is 5.82 Å². The van der Waals surface area contributed by atoms with Crippen LogP contribution in [0.2, 0.25) is 0 Å². The number of halogens is 2. The number of rotatable bonds is 5. The van der Waals surface area contributed by atoms with E-state index in [2.05, 4.69) is 35.1 Å². The van der Waals surface area contributed by atoms with E-state index in [0.29, 0.717) is 23.2 Å². The first kappa shape index (κ1) is 29.2. The quantitative estimate of drug-likeness (QED) is 0.277. The van der Waals surface area contributed by atoms with Crippen LogP contribution >= 0.6 is 0 Å². The Hall–Kier alpha value is -4.55. The van der Waals surface area contributed by atoms with E-state index >= 15 is 0 Å². The minimum absolute atomic E-state index is 0.0346. The number of benzene rings is 2. The van der Waals surface area contributed by atoms with Crippen LogP contribution in [0.15, 0.2) is 71.9 Å². The summed E-state index contributed by atoms with van der Waals surface area (Å²) in [4.78, 5) is 28.8. The molecule has 0 saturated carbocycles. The highest BCUT2D eigenvalue weighted by Gasteiger charge is 2.35. The van der Waals surface area contributed by atoms with Gasteiger partial charge in [0, 0.05) is 46.2 Å². The highest BCUT2D eigenvalue weighted by atomic mass is 32.2. The molecular formula is C33H29F2N5O4S. The number of sulfone groups is 1. The zero-order valence-electron chi connectivity index (χ0n) is 24.5. The summed E-state index contributed by atoms with van der Waals surface area (Å²) in [7, 11) is -4.52. The highest BCUT2D eigenvalue weighted by molar-refractivity contribution is 7.92. The number of carbonyl (C=O) groups excluding carboxylic acids is 1. The first-order chi connectivity index (χ1) is 21.6. The van der Waals surface area contributed by atoms with Gasteiger partial charge in [-0.3, -0.25) is 14.8 Å². The summed E-state index contributed by atoms with van der Waals surface area (Å²) < 4.78 is 59.1. The van der Waals surface area contributed by atoms with E-state index in [4.69, 9.17) is 14.7 Å². The number of alkyl halides is 1. The van der Waals surface area contributed by atoms with Crippen LogP contribution in [0.25, 0.3) is 33.1 Å². The summed E-state index contributed by atoms with van der Waals surface area (Å²) in [5.41, 5.74) is 1.80. The Kier molecular flexibility index (Phi) is 7.20. The maximum atomic E-state index is 14.8. The fraction of sp³-hybridized carbons (Fsp3) is 0.273. The van der Waals surface area contributed by atoms with Crippen molar-refractivity contribution in [2.45, 2.75) is 43.4 Å². The van der Waals surface area contributed by atoms with Crippen molar-refractivity contribution in [2.24, 2.45) is 5.92 Å². The van der Waals surface area contributed by atoms with Crippen LogP contribution in [0.3, 0.4) is 0 Å². The van der Waals surface area contributed by atoms with Gasteiger partial charge >= 0.3 is 0 Å². The molecule has 0 aliphatic carbocycles. The van der Waals surface area contributed by atoms with Gasteiger partial charge in [-0.1, -0.05) is 25.1 Å². The number of amides is 1. The average Bonchev–Trinajstić information content (AvgIpc) is 3.16. The minimum atomic E-state index is -4.52. The lowest BCUT2D eigenvalue weighted by Crippen LogP contribution is -2.53. The number of pyridine rings is 3. The smallest absolute Gasteiger partial charge is 0.251 e. The largest absolute Gasteiger partial charge is 0.372 e. The van der Waals surface area contributed by atoms with Crippen LogP contribution in [0.1, 0.15) is 35.5 Å². The topological polar surface area (TPSA) is 114 Å². The minimum Gasteiger partial charge on any atom is -0.372 e. The van der Waals surface area contributed by atoms with Gasteiger partial charge in [0.2, 0.25) is 15.3 Å². The summed E-state index contributed by atoms with van der Waals surface area (Å²) in [5, 5.41) is 4.46. The Morgan fingerprint density at radius 2 is 1.91 bits per heavy atom. The third kappa shape index (κ3) is 5.17. The molecule has 0 spiro atoms. The highest BCUT2D eigenvalue weighted by Crippen LogP contribution is 2.34. The summed E-state index contributed by atoms with van der Waals surface area (Å²) in [5.74, 6) is -1.04. The van der Waals surface area contributed by atoms with E-state index in [-0.39, 0.29) is 17.7 Å². The predicted octanol–water partition coefficient (Wildman–Crippen LogP) is 5.36. The number of ether oxygens (including phenoxy) is 1. The second kappa shape index (κ2) is 11.1. The van der Waals surface area contributed by atoms with Gasteiger partial charge in [0.05, 0.1) is 59.0 Å². The van der Waals surface area contributed by atoms with Crippen molar-refractivity contribution >= 4 is 43.2 Å². The predicted molar refractivity (Wildman–Crippen MR) is 166 cm³/mol. The molecule has 0 radical (unpaired) electrons. The molecule has 1 saturated heterocycles. The summed E-state index contributed by atoms with van der Waals surface area (Å²) in [6.07, 6.45) is 3.56. The number of para-hydroxylation sites is 1. The molecule has 45 heavy (non-hydrogen) atoms. The molecular weight excluding hydrogens is 600 g/mol. The van der Waals surface area contributed by atoms with Crippen molar-refractivity contribution in [1.82, 2.24) is 20.3 Å². The zero-order chi connectivity index (χ0) is 31.5. The van der Waals surface area contributed by atoms with Gasteiger partial charge in [-0.25, -0.2) is 22.2 Å². The van der Waals surface area contributed by atoms with E-state index in [1.54, 1.807) is 12.3 Å². The number of aromatic nitrogens is 3. The van der Waals surface area contributed by atoms with Crippen LogP contribution in [0, 0.1) is 11.7 Å². The zero-order valence-corrected chi connectivity index (χ0v) is 25.3.